The van der Waals surface area contributed by atoms with Gasteiger partial charge in [-0.3, -0.25) is 19.2 Å². The largest absolute Gasteiger partial charge is 0.481 e. The average Bonchev–Trinajstić information content (AvgIpc) is 3.56. The molecule has 28 atom stereocenters. The number of aliphatic hydroxyl groups excluding tert-OH is 10. The minimum absolute atomic E-state index is 0.112. The molecule has 466 valence electrons. The van der Waals surface area contributed by atoms with Gasteiger partial charge in [0.1, 0.15) is 73.2 Å². The van der Waals surface area contributed by atoms with E-state index in [9.17, 15) is 70.6 Å². The molecule has 0 amide bonds. The highest BCUT2D eigenvalue weighted by Gasteiger charge is 2.71. The van der Waals surface area contributed by atoms with E-state index in [1.807, 2.05) is 0 Å². The fourth-order valence-corrected chi connectivity index (χ4v) is 16.8. The number of esters is 3. The number of hydrogen-bond acceptors (Lipinski definition) is 24. The zero-order valence-corrected chi connectivity index (χ0v) is 48.2. The molecule has 25 nitrogen and oxygen atoms in total. The van der Waals surface area contributed by atoms with Gasteiger partial charge in [0.25, 0.3) is 0 Å². The number of carboxylic acid groups (broad SMARTS) is 1. The van der Waals surface area contributed by atoms with E-state index in [1.165, 1.54) is 20.8 Å². The first-order valence-corrected chi connectivity index (χ1v) is 29.0. The van der Waals surface area contributed by atoms with Gasteiger partial charge >= 0.3 is 23.9 Å². The van der Waals surface area contributed by atoms with E-state index in [-0.39, 0.29) is 54.6 Å². The van der Waals surface area contributed by atoms with Gasteiger partial charge in [0, 0.05) is 13.8 Å². The van der Waals surface area contributed by atoms with Gasteiger partial charge in [-0.1, -0.05) is 46.3 Å². The van der Waals surface area contributed by atoms with Crippen LogP contribution in [0.1, 0.15) is 127 Å². The first-order chi connectivity index (χ1) is 38.3. The normalized spacial score (nSPS) is 50.9. The van der Waals surface area contributed by atoms with Crippen LogP contribution >= 0.6 is 0 Å². The topological polar surface area (TPSA) is 383 Å². The smallest absolute Gasteiger partial charge is 0.315 e. The second-order valence-corrected chi connectivity index (χ2v) is 26.7. The van der Waals surface area contributed by atoms with E-state index in [1.54, 1.807) is 6.92 Å². The molecule has 28 unspecified atom stereocenters. The molecule has 4 heterocycles. The SMILES string of the molecule is CC(=O)OC1COC(OC2CCC3(C)C(CCC4(C)C3CC=C3C5CC(C)(C(=O)O)CCC5(C(=O)OC5OC(CO)C(OC6OC(COC7OC(C)C(O)C(O)C7O)C(O)C(O)C6O)C(O)C5O)CCC34C)C2(C)C)C(O)C1OC(C)=O. The highest BCUT2D eigenvalue weighted by molar-refractivity contribution is 5.81. The fraction of sp³-hybridized carbons (Fsp3) is 0.895. The third kappa shape index (κ3) is 10.7. The predicted molar refractivity (Wildman–Crippen MR) is 276 cm³/mol. The molecule has 4 saturated heterocycles. The number of carbonyl (C=O) groups excluding carboxylic acids is 3. The van der Waals surface area contributed by atoms with Crippen molar-refractivity contribution in [1.82, 2.24) is 0 Å². The Morgan fingerprint density at radius 1 is 0.622 bits per heavy atom. The molecule has 4 saturated carbocycles. The lowest BCUT2D eigenvalue weighted by molar-refractivity contribution is -0.362. The van der Waals surface area contributed by atoms with Gasteiger partial charge in [0.15, 0.2) is 31.1 Å². The molecule has 82 heavy (non-hydrogen) atoms. The number of allylic oxidation sites excluding steroid dienone is 2. The highest BCUT2D eigenvalue weighted by Crippen LogP contribution is 2.76. The summed E-state index contributed by atoms with van der Waals surface area (Å²) >= 11 is 0. The van der Waals surface area contributed by atoms with E-state index in [4.69, 9.17) is 47.4 Å². The van der Waals surface area contributed by atoms with Gasteiger partial charge in [-0.2, -0.15) is 0 Å². The zero-order chi connectivity index (χ0) is 60.1. The zero-order valence-electron chi connectivity index (χ0n) is 48.2. The van der Waals surface area contributed by atoms with Crippen LogP contribution in [-0.2, 0) is 66.5 Å². The molecule has 0 aromatic carbocycles. The van der Waals surface area contributed by atoms with Gasteiger partial charge in [-0.05, 0) is 117 Å². The van der Waals surface area contributed by atoms with Crippen LogP contribution in [0, 0.1) is 50.2 Å². The lowest BCUT2D eigenvalue weighted by Crippen LogP contribution is -2.66. The maximum atomic E-state index is 15.2. The lowest BCUT2D eigenvalue weighted by atomic mass is 9.33. The van der Waals surface area contributed by atoms with Crippen molar-refractivity contribution in [2.24, 2.45) is 50.2 Å². The summed E-state index contributed by atoms with van der Waals surface area (Å²) in [7, 11) is 0. The molecule has 9 aliphatic rings. The van der Waals surface area contributed by atoms with Crippen LogP contribution in [0.15, 0.2) is 11.6 Å². The molecule has 8 fully saturated rings. The number of aliphatic carboxylic acids is 1. The molecule has 5 aliphatic carbocycles. The van der Waals surface area contributed by atoms with Gasteiger partial charge in [-0.25, -0.2) is 0 Å². The van der Waals surface area contributed by atoms with Crippen LogP contribution < -0.4 is 0 Å². The standard InChI is InChI=1S/C57H88O25/c1-24-35(61)37(63)40(66)46(75-24)73-22-30-36(62)38(64)41(67)48(79-30)81-44-29(21-58)78-49(42(68)39(44)65)82-51(72)57-18-16-53(6,50(70)71)20-28(57)27-10-11-33-54(7)14-13-34(52(4,5)32(54)12-15-56(33,9)55(27,8)17-19-57)80-47-43(69)45(77-26(3)60)31(23-74-47)76-25(2)59/h10,24,28-49,58,61-69H,11-23H2,1-9H3,(H,70,71). The number of aliphatic hydroxyl groups is 10. The number of fused-ring (bicyclic) bond motifs is 7. The quantitative estimate of drug-likeness (QED) is 0.0494. The number of hydrogen-bond donors (Lipinski definition) is 11. The Morgan fingerprint density at radius 3 is 1.91 bits per heavy atom. The Hall–Kier alpha value is -3.06. The summed E-state index contributed by atoms with van der Waals surface area (Å²) in [6, 6.07) is 0. The molecule has 0 spiro atoms. The van der Waals surface area contributed by atoms with E-state index in [0.717, 1.165) is 24.8 Å². The highest BCUT2D eigenvalue weighted by atomic mass is 16.8. The summed E-state index contributed by atoms with van der Waals surface area (Å²) in [6.07, 6.45) is -23.7. The Labute approximate surface area is 476 Å². The monoisotopic (exact) mass is 1170 g/mol. The Bertz CT molecular complexity index is 2390. The van der Waals surface area contributed by atoms with Crippen molar-refractivity contribution < 1.29 is 123 Å². The number of carbonyl (C=O) groups is 4. The number of ether oxygens (including phenoxy) is 10. The maximum Gasteiger partial charge on any atom is 0.315 e. The molecule has 0 bridgehead atoms. The molecule has 0 radical (unpaired) electrons. The first kappa shape index (κ1) is 63.4. The van der Waals surface area contributed by atoms with Crippen molar-refractivity contribution in [3.05, 3.63) is 11.6 Å². The fourth-order valence-electron chi connectivity index (χ4n) is 16.8. The Kier molecular flexibility index (Phi) is 18.0. The molecule has 0 aromatic heterocycles. The minimum atomic E-state index is -2.02. The van der Waals surface area contributed by atoms with E-state index in [2.05, 4.69) is 40.7 Å². The third-order valence-corrected chi connectivity index (χ3v) is 21.8. The minimum Gasteiger partial charge on any atom is -0.481 e. The van der Waals surface area contributed by atoms with Gasteiger partial charge in [-0.15, -0.1) is 0 Å². The summed E-state index contributed by atoms with van der Waals surface area (Å²) in [4.78, 5) is 52.3. The van der Waals surface area contributed by atoms with Crippen molar-refractivity contribution in [2.45, 2.75) is 249 Å². The summed E-state index contributed by atoms with van der Waals surface area (Å²) in [5.74, 6) is -3.40. The first-order valence-electron chi connectivity index (χ1n) is 29.0. The Morgan fingerprint density at radius 2 is 1.26 bits per heavy atom. The van der Waals surface area contributed by atoms with E-state index in [0.29, 0.717) is 25.7 Å². The second-order valence-electron chi connectivity index (χ2n) is 26.7. The van der Waals surface area contributed by atoms with Crippen LogP contribution in [0.4, 0.5) is 0 Å². The van der Waals surface area contributed by atoms with Crippen molar-refractivity contribution in [3.8, 4) is 0 Å². The third-order valence-electron chi connectivity index (χ3n) is 21.8. The van der Waals surface area contributed by atoms with Crippen molar-refractivity contribution in [1.29, 1.82) is 0 Å². The molecule has 11 N–H and O–H groups in total. The number of rotatable bonds is 13. The van der Waals surface area contributed by atoms with E-state index >= 15 is 4.79 Å². The van der Waals surface area contributed by atoms with Gasteiger partial charge < -0.3 is 104 Å². The molecule has 9 rings (SSSR count). The lowest BCUT2D eigenvalue weighted by Gasteiger charge is -2.71. The van der Waals surface area contributed by atoms with Crippen molar-refractivity contribution >= 4 is 23.9 Å². The average molecular weight is 1170 g/mol. The van der Waals surface area contributed by atoms with Crippen LogP contribution in [-0.4, -0.2) is 223 Å². The van der Waals surface area contributed by atoms with Gasteiger partial charge in [0.05, 0.1) is 42.9 Å². The van der Waals surface area contributed by atoms with Crippen molar-refractivity contribution in [3.63, 3.8) is 0 Å². The molecular formula is C57H88O25. The summed E-state index contributed by atoms with van der Waals surface area (Å²) in [5, 5.41) is 120. The number of carboxylic acids is 1. The van der Waals surface area contributed by atoms with Crippen LogP contribution in [0.5, 0.6) is 0 Å². The molecular weight excluding hydrogens is 1080 g/mol. The van der Waals surface area contributed by atoms with E-state index < -0.39 is 181 Å². The van der Waals surface area contributed by atoms with Crippen molar-refractivity contribution in [2.75, 3.05) is 19.8 Å². The van der Waals surface area contributed by atoms with Crippen LogP contribution in [0.3, 0.4) is 0 Å². The molecule has 25 heteroatoms. The summed E-state index contributed by atoms with van der Waals surface area (Å²) in [6.45, 7) is 15.2. The summed E-state index contributed by atoms with van der Waals surface area (Å²) < 4.78 is 58.1. The predicted octanol–water partition coefficient (Wildman–Crippen LogP) is -0.162. The summed E-state index contributed by atoms with van der Waals surface area (Å²) in [5.41, 5.74) is -3.05. The molecule has 4 aliphatic heterocycles. The Balaban J connectivity index is 0.908. The van der Waals surface area contributed by atoms with Gasteiger partial charge in [0.2, 0.25) is 6.29 Å². The maximum absolute atomic E-state index is 15.2. The van der Waals surface area contributed by atoms with Crippen LogP contribution in [0.25, 0.3) is 0 Å². The molecule has 0 aromatic rings. The second kappa shape index (κ2) is 23.2. The van der Waals surface area contributed by atoms with Crippen LogP contribution in [0.2, 0.25) is 0 Å².